The third-order valence-electron chi connectivity index (χ3n) is 1.62. The lowest BCUT2D eigenvalue weighted by atomic mass is 10.1. The van der Waals surface area contributed by atoms with E-state index in [2.05, 4.69) is 6.58 Å². The SMILES string of the molecule is C=Cc1ccccc1C=CC(=O)O. The molecule has 0 spiro atoms. The van der Waals surface area contributed by atoms with Crippen LogP contribution in [0.2, 0.25) is 0 Å². The molecule has 13 heavy (non-hydrogen) atoms. The molecule has 0 aliphatic rings. The van der Waals surface area contributed by atoms with Crippen molar-refractivity contribution in [3.63, 3.8) is 0 Å². The van der Waals surface area contributed by atoms with Crippen molar-refractivity contribution in [1.82, 2.24) is 0 Å². The van der Waals surface area contributed by atoms with Gasteiger partial charge in [0.25, 0.3) is 0 Å². The molecule has 0 heterocycles. The first-order valence-corrected chi connectivity index (χ1v) is 3.86. The molecule has 0 aliphatic heterocycles. The van der Waals surface area contributed by atoms with Crippen LogP contribution in [0.4, 0.5) is 0 Å². The minimum atomic E-state index is -0.945. The first-order chi connectivity index (χ1) is 6.24. The number of rotatable bonds is 3. The fourth-order valence-electron chi connectivity index (χ4n) is 1.01. The van der Waals surface area contributed by atoms with Crippen molar-refractivity contribution in [2.24, 2.45) is 0 Å². The van der Waals surface area contributed by atoms with Gasteiger partial charge in [-0.15, -0.1) is 0 Å². The zero-order chi connectivity index (χ0) is 9.68. The molecule has 0 fully saturated rings. The summed E-state index contributed by atoms with van der Waals surface area (Å²) in [5.41, 5.74) is 1.79. The molecule has 1 aromatic carbocycles. The Kier molecular flexibility index (Phi) is 3.03. The van der Waals surface area contributed by atoms with Crippen LogP contribution in [0.3, 0.4) is 0 Å². The van der Waals surface area contributed by atoms with Crippen molar-refractivity contribution in [2.45, 2.75) is 0 Å². The molecule has 0 aliphatic carbocycles. The molecule has 0 atom stereocenters. The van der Waals surface area contributed by atoms with Gasteiger partial charge in [-0.2, -0.15) is 0 Å². The number of hydrogen-bond donors (Lipinski definition) is 1. The van der Waals surface area contributed by atoms with E-state index in [0.29, 0.717) is 0 Å². The lowest BCUT2D eigenvalue weighted by Crippen LogP contribution is -1.86. The van der Waals surface area contributed by atoms with Gasteiger partial charge in [0.15, 0.2) is 0 Å². The Balaban J connectivity index is 3.00. The Morgan fingerprint density at radius 1 is 1.31 bits per heavy atom. The Morgan fingerprint density at radius 2 is 1.92 bits per heavy atom. The molecular formula is C11H10O2. The number of carboxylic acids is 1. The number of carboxylic acid groups (broad SMARTS) is 1. The van der Waals surface area contributed by atoms with Crippen LogP contribution >= 0.6 is 0 Å². The summed E-state index contributed by atoms with van der Waals surface area (Å²) in [5, 5.41) is 8.43. The summed E-state index contributed by atoms with van der Waals surface area (Å²) >= 11 is 0. The summed E-state index contributed by atoms with van der Waals surface area (Å²) in [4.78, 5) is 10.3. The summed E-state index contributed by atoms with van der Waals surface area (Å²) in [6.45, 7) is 3.64. The predicted molar refractivity (Wildman–Crippen MR) is 53.2 cm³/mol. The monoisotopic (exact) mass is 174 g/mol. The number of benzene rings is 1. The second-order valence-electron chi connectivity index (χ2n) is 2.50. The van der Waals surface area contributed by atoms with Crippen LogP contribution in [-0.2, 0) is 4.79 Å². The lowest BCUT2D eigenvalue weighted by molar-refractivity contribution is -0.131. The highest BCUT2D eigenvalue weighted by Crippen LogP contribution is 2.11. The largest absolute Gasteiger partial charge is 0.478 e. The smallest absolute Gasteiger partial charge is 0.328 e. The van der Waals surface area contributed by atoms with Gasteiger partial charge in [-0.3, -0.25) is 0 Å². The molecular weight excluding hydrogens is 164 g/mol. The standard InChI is InChI=1S/C11H10O2/c1-2-9-5-3-4-6-10(9)7-8-11(12)13/h2-8H,1H2,(H,12,13). The van der Waals surface area contributed by atoms with E-state index in [0.717, 1.165) is 17.2 Å². The summed E-state index contributed by atoms with van der Waals surface area (Å²) in [7, 11) is 0. The van der Waals surface area contributed by atoms with Crippen molar-refractivity contribution in [3.05, 3.63) is 48.0 Å². The van der Waals surface area contributed by atoms with Crippen LogP contribution in [0.5, 0.6) is 0 Å². The second kappa shape index (κ2) is 4.26. The third-order valence-corrected chi connectivity index (χ3v) is 1.62. The molecule has 0 bridgehead atoms. The quantitative estimate of drug-likeness (QED) is 0.714. The Morgan fingerprint density at radius 3 is 2.46 bits per heavy atom. The van der Waals surface area contributed by atoms with Crippen LogP contribution in [0.25, 0.3) is 12.2 Å². The minimum absolute atomic E-state index is 0.861. The molecule has 2 nitrogen and oxygen atoms in total. The molecule has 2 heteroatoms. The van der Waals surface area contributed by atoms with E-state index in [9.17, 15) is 4.79 Å². The first-order valence-electron chi connectivity index (χ1n) is 3.86. The van der Waals surface area contributed by atoms with Gasteiger partial charge in [0.2, 0.25) is 0 Å². The zero-order valence-electron chi connectivity index (χ0n) is 7.10. The zero-order valence-corrected chi connectivity index (χ0v) is 7.10. The topological polar surface area (TPSA) is 37.3 Å². The van der Waals surface area contributed by atoms with E-state index in [4.69, 9.17) is 5.11 Å². The van der Waals surface area contributed by atoms with Crippen molar-refractivity contribution < 1.29 is 9.90 Å². The first kappa shape index (κ1) is 9.26. The highest BCUT2D eigenvalue weighted by Gasteiger charge is 1.93. The molecule has 1 aromatic rings. The van der Waals surface area contributed by atoms with Crippen molar-refractivity contribution in [1.29, 1.82) is 0 Å². The van der Waals surface area contributed by atoms with Gasteiger partial charge in [0.1, 0.15) is 0 Å². The van der Waals surface area contributed by atoms with E-state index in [1.807, 2.05) is 24.3 Å². The van der Waals surface area contributed by atoms with Crippen molar-refractivity contribution >= 4 is 18.1 Å². The molecule has 0 saturated heterocycles. The fraction of sp³-hybridized carbons (Fsp3) is 0. The molecule has 0 saturated carbocycles. The molecule has 0 unspecified atom stereocenters. The average Bonchev–Trinajstić information content (AvgIpc) is 2.15. The van der Waals surface area contributed by atoms with Crippen LogP contribution in [-0.4, -0.2) is 11.1 Å². The summed E-state index contributed by atoms with van der Waals surface area (Å²) in [6.07, 6.45) is 4.36. The Hall–Kier alpha value is -1.83. The Bertz CT molecular complexity index is 351. The van der Waals surface area contributed by atoms with Crippen LogP contribution < -0.4 is 0 Å². The van der Waals surface area contributed by atoms with Crippen LogP contribution in [0, 0.1) is 0 Å². The fourth-order valence-corrected chi connectivity index (χ4v) is 1.01. The number of hydrogen-bond acceptors (Lipinski definition) is 1. The maximum Gasteiger partial charge on any atom is 0.328 e. The molecule has 0 aromatic heterocycles. The van der Waals surface area contributed by atoms with Crippen molar-refractivity contribution in [2.75, 3.05) is 0 Å². The third kappa shape index (κ3) is 2.60. The highest BCUT2D eigenvalue weighted by molar-refractivity contribution is 5.86. The van der Waals surface area contributed by atoms with Gasteiger partial charge in [-0.05, 0) is 17.2 Å². The van der Waals surface area contributed by atoms with E-state index in [1.54, 1.807) is 12.2 Å². The minimum Gasteiger partial charge on any atom is -0.478 e. The molecule has 66 valence electrons. The number of aliphatic carboxylic acids is 1. The van der Waals surface area contributed by atoms with Gasteiger partial charge < -0.3 is 5.11 Å². The van der Waals surface area contributed by atoms with E-state index in [-0.39, 0.29) is 0 Å². The van der Waals surface area contributed by atoms with Gasteiger partial charge in [0, 0.05) is 6.08 Å². The maximum atomic E-state index is 10.3. The van der Waals surface area contributed by atoms with Crippen molar-refractivity contribution in [3.8, 4) is 0 Å². The van der Waals surface area contributed by atoms with Crippen LogP contribution in [0.15, 0.2) is 36.9 Å². The van der Waals surface area contributed by atoms with E-state index < -0.39 is 5.97 Å². The summed E-state index contributed by atoms with van der Waals surface area (Å²) < 4.78 is 0. The number of carbonyl (C=O) groups is 1. The normalized spacial score (nSPS) is 10.2. The van der Waals surface area contributed by atoms with Gasteiger partial charge >= 0.3 is 5.97 Å². The second-order valence-corrected chi connectivity index (χ2v) is 2.50. The van der Waals surface area contributed by atoms with Gasteiger partial charge in [-0.25, -0.2) is 4.79 Å². The van der Waals surface area contributed by atoms with E-state index in [1.165, 1.54) is 0 Å². The van der Waals surface area contributed by atoms with E-state index >= 15 is 0 Å². The summed E-state index contributed by atoms with van der Waals surface area (Å²) in [5.74, 6) is -0.945. The lowest BCUT2D eigenvalue weighted by Gasteiger charge is -1.97. The molecule has 1 rings (SSSR count). The summed E-state index contributed by atoms with van der Waals surface area (Å²) in [6, 6.07) is 7.47. The molecule has 0 radical (unpaired) electrons. The molecule has 0 amide bonds. The maximum absolute atomic E-state index is 10.3. The average molecular weight is 174 g/mol. The predicted octanol–water partition coefficient (Wildman–Crippen LogP) is 2.43. The Labute approximate surface area is 76.8 Å². The van der Waals surface area contributed by atoms with Gasteiger partial charge in [-0.1, -0.05) is 36.9 Å². The van der Waals surface area contributed by atoms with Crippen LogP contribution in [0.1, 0.15) is 11.1 Å². The molecule has 1 N–H and O–H groups in total. The highest BCUT2D eigenvalue weighted by atomic mass is 16.4. The van der Waals surface area contributed by atoms with Gasteiger partial charge in [0.05, 0.1) is 0 Å².